The van der Waals surface area contributed by atoms with Crippen molar-refractivity contribution in [1.29, 1.82) is 5.26 Å². The first-order valence-corrected chi connectivity index (χ1v) is 19.3. The van der Waals surface area contributed by atoms with Gasteiger partial charge in [-0.05, 0) is 65.7 Å². The highest BCUT2D eigenvalue weighted by Gasteiger charge is 2.22. The Morgan fingerprint density at radius 1 is 0.379 bits per heavy atom. The molecule has 0 saturated carbocycles. The van der Waals surface area contributed by atoms with Gasteiger partial charge in [-0.3, -0.25) is 0 Å². The lowest BCUT2D eigenvalue weighted by atomic mass is 9.96. The average molecular weight is 741 g/mol. The van der Waals surface area contributed by atoms with Crippen molar-refractivity contribution >= 4 is 43.6 Å². The van der Waals surface area contributed by atoms with Crippen LogP contribution in [0.15, 0.2) is 194 Å². The van der Waals surface area contributed by atoms with E-state index in [-0.39, 0.29) is 0 Å². The Kier molecular flexibility index (Phi) is 7.76. The number of fused-ring (bicyclic) bond motifs is 7. The summed E-state index contributed by atoms with van der Waals surface area (Å²) >= 11 is 0. The average Bonchev–Trinajstić information content (AvgIpc) is 3.82. The molecule has 0 saturated heterocycles. The van der Waals surface area contributed by atoms with Crippen LogP contribution >= 0.6 is 0 Å². The van der Waals surface area contributed by atoms with Crippen molar-refractivity contribution in [2.45, 2.75) is 0 Å². The molecule has 58 heavy (non-hydrogen) atoms. The molecule has 270 valence electrons. The minimum atomic E-state index is 0.510. The summed E-state index contributed by atoms with van der Waals surface area (Å²) in [7, 11) is 0. The molecule has 3 aromatic heterocycles. The predicted molar refractivity (Wildman–Crippen MR) is 235 cm³/mol. The van der Waals surface area contributed by atoms with Crippen LogP contribution in [0.1, 0.15) is 5.56 Å². The molecule has 11 aromatic rings. The maximum atomic E-state index is 10.7. The largest absolute Gasteiger partial charge is 0.309 e. The molecule has 0 unspecified atom stereocenters. The van der Waals surface area contributed by atoms with E-state index >= 15 is 0 Å². The zero-order chi connectivity index (χ0) is 38.6. The smallest absolute Gasteiger partial charge is 0.164 e. The fourth-order valence-electron chi connectivity index (χ4n) is 8.39. The molecule has 0 fully saturated rings. The van der Waals surface area contributed by atoms with E-state index in [1.807, 2.05) is 78.9 Å². The molecule has 0 spiro atoms. The van der Waals surface area contributed by atoms with Gasteiger partial charge in [0.15, 0.2) is 17.5 Å². The van der Waals surface area contributed by atoms with Crippen LogP contribution < -0.4 is 0 Å². The number of hydrogen-bond acceptors (Lipinski definition) is 4. The third-order valence-electron chi connectivity index (χ3n) is 11.0. The molecule has 3 heterocycles. The van der Waals surface area contributed by atoms with Gasteiger partial charge < -0.3 is 9.13 Å². The Labute approximate surface area is 334 Å². The topological polar surface area (TPSA) is 72.3 Å². The van der Waals surface area contributed by atoms with Crippen molar-refractivity contribution < 1.29 is 0 Å². The third-order valence-corrected chi connectivity index (χ3v) is 11.0. The summed E-state index contributed by atoms with van der Waals surface area (Å²) in [4.78, 5) is 14.7. The van der Waals surface area contributed by atoms with Crippen LogP contribution in [0.25, 0.3) is 100 Å². The molecule has 0 aliphatic heterocycles. The molecule has 6 heteroatoms. The Morgan fingerprint density at radius 2 is 0.897 bits per heavy atom. The van der Waals surface area contributed by atoms with Crippen LogP contribution in [-0.2, 0) is 0 Å². The van der Waals surface area contributed by atoms with Gasteiger partial charge in [0.2, 0.25) is 0 Å². The van der Waals surface area contributed by atoms with Crippen LogP contribution in [-0.4, -0.2) is 24.1 Å². The maximum Gasteiger partial charge on any atom is 0.164 e. The molecule has 0 amide bonds. The van der Waals surface area contributed by atoms with E-state index in [9.17, 15) is 5.26 Å². The molecule has 0 aliphatic rings. The van der Waals surface area contributed by atoms with Gasteiger partial charge in [-0.25, -0.2) is 15.0 Å². The van der Waals surface area contributed by atoms with Crippen molar-refractivity contribution in [2.75, 3.05) is 0 Å². The number of aromatic nitrogens is 5. The molecular weight excluding hydrogens is 709 g/mol. The molecular formula is C52H32N6. The fourth-order valence-corrected chi connectivity index (χ4v) is 8.39. The van der Waals surface area contributed by atoms with Crippen LogP contribution in [0.4, 0.5) is 0 Å². The van der Waals surface area contributed by atoms with E-state index in [1.54, 1.807) is 0 Å². The van der Waals surface area contributed by atoms with E-state index in [2.05, 4.69) is 130 Å². The second-order valence-corrected chi connectivity index (χ2v) is 14.4. The van der Waals surface area contributed by atoms with Gasteiger partial charge in [-0.2, -0.15) is 5.26 Å². The van der Waals surface area contributed by atoms with E-state index in [1.165, 1.54) is 10.8 Å². The summed E-state index contributed by atoms with van der Waals surface area (Å²) in [5, 5.41) is 15.3. The Balaban J connectivity index is 1.11. The molecule has 0 radical (unpaired) electrons. The highest BCUT2D eigenvalue weighted by Crippen LogP contribution is 2.43. The minimum absolute atomic E-state index is 0.510. The third kappa shape index (κ3) is 5.37. The highest BCUT2D eigenvalue weighted by molar-refractivity contribution is 6.26. The fraction of sp³-hybridized carbons (Fsp3) is 0. The van der Waals surface area contributed by atoms with Crippen LogP contribution in [0.3, 0.4) is 0 Å². The molecule has 0 atom stereocenters. The minimum Gasteiger partial charge on any atom is -0.309 e. The summed E-state index contributed by atoms with van der Waals surface area (Å²) in [5.41, 5.74) is 11.6. The maximum absolute atomic E-state index is 10.7. The summed E-state index contributed by atoms with van der Waals surface area (Å²) < 4.78 is 4.75. The number of nitriles is 1. The van der Waals surface area contributed by atoms with Crippen molar-refractivity contribution in [3.8, 4) is 62.7 Å². The predicted octanol–water partition coefficient (Wildman–Crippen LogP) is 12.6. The number of rotatable bonds is 6. The van der Waals surface area contributed by atoms with E-state index in [4.69, 9.17) is 15.0 Å². The van der Waals surface area contributed by atoms with E-state index < -0.39 is 0 Å². The van der Waals surface area contributed by atoms with Gasteiger partial charge in [-0.1, -0.05) is 140 Å². The Hall–Kier alpha value is -8.14. The zero-order valence-corrected chi connectivity index (χ0v) is 31.2. The van der Waals surface area contributed by atoms with Gasteiger partial charge in [0.1, 0.15) is 0 Å². The first-order valence-electron chi connectivity index (χ1n) is 19.3. The second-order valence-electron chi connectivity index (χ2n) is 14.4. The Morgan fingerprint density at radius 3 is 1.53 bits per heavy atom. The summed E-state index contributed by atoms with van der Waals surface area (Å²) in [6.45, 7) is 0. The molecule has 11 rings (SSSR count). The lowest BCUT2D eigenvalue weighted by molar-refractivity contribution is 1.07. The van der Waals surface area contributed by atoms with Crippen molar-refractivity contribution in [2.24, 2.45) is 0 Å². The Bertz CT molecular complexity index is 3320. The number of benzene rings is 8. The standard InChI is InChI=1S/C52H32N6/c53-33-38-31-37(52-55-50(34-15-5-1-6-16-34)54-51(56-52)35-17-7-2-8-18-35)25-27-41(38)36-26-29-46-44(32-36)42-28-30-47-48(49(42)58(46)40-21-11-4-12-22-40)43-23-13-14-24-45(43)57(47)39-19-9-3-10-20-39/h1-32H. The lowest BCUT2D eigenvalue weighted by Crippen LogP contribution is -2.00. The van der Waals surface area contributed by atoms with Gasteiger partial charge in [0, 0.05) is 49.6 Å². The van der Waals surface area contributed by atoms with E-state index in [0.717, 1.165) is 72.0 Å². The van der Waals surface area contributed by atoms with Crippen LogP contribution in [0, 0.1) is 11.3 Å². The number of hydrogen-bond donors (Lipinski definition) is 0. The van der Waals surface area contributed by atoms with Gasteiger partial charge in [-0.15, -0.1) is 0 Å². The first-order chi connectivity index (χ1) is 28.7. The van der Waals surface area contributed by atoms with E-state index in [0.29, 0.717) is 23.0 Å². The highest BCUT2D eigenvalue weighted by atomic mass is 15.0. The second kappa shape index (κ2) is 13.6. The number of para-hydroxylation sites is 3. The normalized spacial score (nSPS) is 11.4. The monoisotopic (exact) mass is 740 g/mol. The van der Waals surface area contributed by atoms with Gasteiger partial charge in [0.05, 0.1) is 33.7 Å². The van der Waals surface area contributed by atoms with Crippen molar-refractivity contribution in [3.05, 3.63) is 200 Å². The summed E-state index contributed by atoms with van der Waals surface area (Å²) in [5.74, 6) is 1.66. The molecule has 8 aromatic carbocycles. The van der Waals surface area contributed by atoms with Gasteiger partial charge in [0.25, 0.3) is 0 Å². The summed E-state index contributed by atoms with van der Waals surface area (Å²) in [6.07, 6.45) is 0. The van der Waals surface area contributed by atoms with Crippen LogP contribution in [0.2, 0.25) is 0 Å². The molecule has 0 bridgehead atoms. The zero-order valence-electron chi connectivity index (χ0n) is 31.2. The molecule has 6 nitrogen and oxygen atoms in total. The van der Waals surface area contributed by atoms with Crippen molar-refractivity contribution in [1.82, 2.24) is 24.1 Å². The van der Waals surface area contributed by atoms with Crippen LogP contribution in [0.5, 0.6) is 0 Å². The quantitative estimate of drug-likeness (QED) is 0.170. The van der Waals surface area contributed by atoms with Crippen molar-refractivity contribution in [3.63, 3.8) is 0 Å². The SMILES string of the molecule is N#Cc1cc(-c2nc(-c3ccccc3)nc(-c3ccccc3)n2)ccc1-c1ccc2c(c1)c1ccc3c(c4ccccc4n3-c3ccccc3)c1n2-c1ccccc1. The lowest BCUT2D eigenvalue weighted by Gasteiger charge is -2.11. The first kappa shape index (κ1) is 33.2. The molecule has 0 N–H and O–H groups in total. The van der Waals surface area contributed by atoms with Gasteiger partial charge >= 0.3 is 0 Å². The summed E-state index contributed by atoms with van der Waals surface area (Å²) in [6, 6.07) is 69.1. The number of nitrogens with zero attached hydrogens (tertiary/aromatic N) is 6. The molecule has 0 aliphatic carbocycles.